The SMILES string of the molecule is Cn1nc(NS(C)(=O)=O)c2c(Cl)ccc(-c3cc(N)c(C#CC4(O)CC(F)(F)C4)nc3[C@H](Cc3cc(F)cc(F)c3)NC(=O)Cn3nc(C(F)F)c4c3C(F)(F)[C@@H]3CC[C@H]43)c21. The highest BCUT2D eigenvalue weighted by atomic mass is 35.5. The summed E-state index contributed by atoms with van der Waals surface area (Å²) in [6.45, 7) is -1.01. The van der Waals surface area contributed by atoms with E-state index in [4.69, 9.17) is 17.3 Å². The smallest absolute Gasteiger partial charge is 0.293 e. The van der Waals surface area contributed by atoms with Crippen molar-refractivity contribution >= 4 is 49.9 Å². The Kier molecular flexibility index (Phi) is 10.1. The fraction of sp³-hybridized carbons (Fsp3) is 0.385. The summed E-state index contributed by atoms with van der Waals surface area (Å²) in [5.74, 6) is -7.30. The van der Waals surface area contributed by atoms with Crippen LogP contribution in [0.4, 0.5) is 46.6 Å². The second kappa shape index (κ2) is 14.6. The van der Waals surface area contributed by atoms with Gasteiger partial charge in [0.25, 0.3) is 18.3 Å². The number of hydrogen-bond donors (Lipinski definition) is 4. The van der Waals surface area contributed by atoms with Crippen LogP contribution in [0.2, 0.25) is 5.02 Å². The highest BCUT2D eigenvalue weighted by molar-refractivity contribution is 7.92. The van der Waals surface area contributed by atoms with Crippen molar-refractivity contribution in [2.24, 2.45) is 13.0 Å². The Labute approximate surface area is 346 Å². The first-order chi connectivity index (χ1) is 28.4. The molecule has 8 rings (SSSR count). The number of anilines is 2. The zero-order chi connectivity index (χ0) is 44.1. The van der Waals surface area contributed by atoms with Gasteiger partial charge in [-0.2, -0.15) is 19.0 Å². The Morgan fingerprint density at radius 1 is 1.05 bits per heavy atom. The highest BCUT2D eigenvalue weighted by Gasteiger charge is 2.62. The molecule has 22 heteroatoms. The van der Waals surface area contributed by atoms with Gasteiger partial charge in [0.05, 0.1) is 52.4 Å². The third-order valence-corrected chi connectivity index (χ3v) is 12.0. The minimum atomic E-state index is -3.91. The van der Waals surface area contributed by atoms with E-state index < -0.39 is 107 Å². The van der Waals surface area contributed by atoms with E-state index in [-0.39, 0.29) is 73.9 Å². The van der Waals surface area contributed by atoms with Gasteiger partial charge in [-0.3, -0.25) is 18.9 Å². The van der Waals surface area contributed by atoms with E-state index in [9.17, 15) is 44.7 Å². The Hall–Kier alpha value is -5.46. The van der Waals surface area contributed by atoms with Gasteiger partial charge in [-0.25, -0.2) is 39.7 Å². The Balaban J connectivity index is 1.29. The molecule has 322 valence electrons. The number of fused-ring (bicyclic) bond motifs is 4. The second-order valence-corrected chi connectivity index (χ2v) is 17.8. The van der Waals surface area contributed by atoms with Crippen LogP contribution in [0.3, 0.4) is 0 Å². The quantitative estimate of drug-likeness (QED) is 0.0871. The number of nitrogen functional groups attached to an aromatic ring is 1. The zero-order valence-corrected chi connectivity index (χ0v) is 33.4. The molecule has 1 amide bonds. The lowest BCUT2D eigenvalue weighted by Gasteiger charge is -2.39. The number of benzene rings is 2. The van der Waals surface area contributed by atoms with Gasteiger partial charge in [0.1, 0.15) is 40.9 Å². The molecule has 5 aromatic rings. The molecular weight excluding hydrogens is 864 g/mol. The number of nitrogens with two attached hydrogens (primary N) is 1. The molecule has 0 bridgehead atoms. The second-order valence-electron chi connectivity index (χ2n) is 15.6. The number of hydrogen-bond acceptors (Lipinski definition) is 8. The predicted octanol–water partition coefficient (Wildman–Crippen LogP) is 6.87. The van der Waals surface area contributed by atoms with Gasteiger partial charge in [0.15, 0.2) is 5.82 Å². The van der Waals surface area contributed by atoms with Crippen molar-refractivity contribution in [3.8, 4) is 23.0 Å². The van der Waals surface area contributed by atoms with Crippen molar-refractivity contribution < 1.29 is 53.4 Å². The van der Waals surface area contributed by atoms with Crippen LogP contribution in [-0.4, -0.2) is 61.8 Å². The van der Waals surface area contributed by atoms with Crippen LogP contribution >= 0.6 is 11.6 Å². The minimum absolute atomic E-state index is 0.0359. The molecular formula is C39H33ClF8N8O4S. The standard InChI is InChI=1S/C39H33ClF8N8O4S/c1-55-33-20(4-6-24(40)30(33)36(53-55)54-61(2,59)60)22-13-25(49)26(7-8-37(58)15-38(45,46)16-37)51-31(22)27(11-17-9-18(41)12-19(42)10-17)50-28(57)14-56-34-29(32(52-56)35(43)44)21-3-5-23(21)39(34,47)48/h4,6,9-10,12-13,21,23,27,35,58H,3,5,11,14-16,49H2,1-2H3,(H,50,57)(H,53,54)/t21-,23+,27-/m0/s1. The lowest BCUT2D eigenvalue weighted by atomic mass is 9.73. The Bertz CT molecular complexity index is 2810. The summed E-state index contributed by atoms with van der Waals surface area (Å²) in [5, 5.41) is 21.4. The van der Waals surface area contributed by atoms with E-state index in [1.54, 1.807) is 0 Å². The third kappa shape index (κ3) is 7.73. The van der Waals surface area contributed by atoms with Crippen molar-refractivity contribution in [3.05, 3.63) is 87.0 Å². The van der Waals surface area contributed by atoms with E-state index in [2.05, 4.69) is 37.1 Å². The number of nitrogens with zero attached hydrogens (tertiary/aromatic N) is 5. The molecule has 0 unspecified atom stereocenters. The Morgan fingerprint density at radius 3 is 2.34 bits per heavy atom. The topological polar surface area (TPSA) is 170 Å². The van der Waals surface area contributed by atoms with Crippen LogP contribution < -0.4 is 15.8 Å². The largest absolute Gasteiger partial charge is 0.396 e. The fourth-order valence-corrected chi connectivity index (χ4v) is 9.27. The summed E-state index contributed by atoms with van der Waals surface area (Å²) < 4.78 is 145. The van der Waals surface area contributed by atoms with Crippen LogP contribution in [0.5, 0.6) is 0 Å². The molecule has 3 aliphatic rings. The lowest BCUT2D eigenvalue weighted by molar-refractivity contribution is -0.176. The summed E-state index contributed by atoms with van der Waals surface area (Å²) >= 11 is 6.57. The predicted molar refractivity (Wildman–Crippen MR) is 205 cm³/mol. The van der Waals surface area contributed by atoms with E-state index >= 15 is 8.78 Å². The maximum Gasteiger partial charge on any atom is 0.293 e. The van der Waals surface area contributed by atoms with Crippen molar-refractivity contribution in [2.75, 3.05) is 16.7 Å². The highest BCUT2D eigenvalue weighted by Crippen LogP contribution is 2.63. The van der Waals surface area contributed by atoms with Crippen LogP contribution in [0, 0.1) is 29.4 Å². The average Bonchev–Trinajstić information content (AvgIpc) is 3.67. The number of aryl methyl sites for hydroxylation is 1. The van der Waals surface area contributed by atoms with Gasteiger partial charge in [0, 0.05) is 35.7 Å². The minimum Gasteiger partial charge on any atom is -0.396 e. The first-order valence-corrected chi connectivity index (χ1v) is 20.8. The van der Waals surface area contributed by atoms with Gasteiger partial charge in [-0.15, -0.1) is 0 Å². The van der Waals surface area contributed by atoms with Gasteiger partial charge in [0.2, 0.25) is 15.9 Å². The van der Waals surface area contributed by atoms with E-state index in [1.165, 1.54) is 29.9 Å². The van der Waals surface area contributed by atoms with Gasteiger partial charge in [-0.1, -0.05) is 23.6 Å². The summed E-state index contributed by atoms with van der Waals surface area (Å²) in [7, 11) is -2.46. The van der Waals surface area contributed by atoms with Gasteiger partial charge < -0.3 is 16.2 Å². The first kappa shape index (κ1) is 42.2. The van der Waals surface area contributed by atoms with Crippen molar-refractivity contribution in [2.45, 2.75) is 74.5 Å². The average molecular weight is 897 g/mol. The molecule has 2 fully saturated rings. The number of sulfonamides is 1. The van der Waals surface area contributed by atoms with E-state index in [0.29, 0.717) is 10.7 Å². The lowest BCUT2D eigenvalue weighted by Crippen LogP contribution is -2.50. The van der Waals surface area contributed by atoms with Crippen molar-refractivity contribution in [1.29, 1.82) is 0 Å². The number of rotatable bonds is 10. The van der Waals surface area contributed by atoms with Crippen LogP contribution in [0.1, 0.15) is 78.0 Å². The maximum atomic E-state index is 15.7. The van der Waals surface area contributed by atoms with Gasteiger partial charge in [-0.05, 0) is 60.9 Å². The number of aliphatic hydroxyl groups is 1. The Morgan fingerprint density at radius 2 is 1.74 bits per heavy atom. The van der Waals surface area contributed by atoms with Crippen molar-refractivity contribution in [3.63, 3.8) is 0 Å². The molecule has 3 aromatic heterocycles. The molecule has 0 radical (unpaired) electrons. The molecule has 3 aliphatic carbocycles. The summed E-state index contributed by atoms with van der Waals surface area (Å²) in [6, 6.07) is 5.15. The molecule has 0 aliphatic heterocycles. The summed E-state index contributed by atoms with van der Waals surface area (Å²) in [6.07, 6.45) is -4.49. The molecule has 2 aromatic carbocycles. The number of pyridine rings is 1. The first-order valence-electron chi connectivity index (χ1n) is 18.5. The van der Waals surface area contributed by atoms with E-state index in [1.807, 2.05) is 0 Å². The van der Waals surface area contributed by atoms with Crippen LogP contribution in [0.15, 0.2) is 36.4 Å². The number of amides is 1. The van der Waals surface area contributed by atoms with Crippen molar-refractivity contribution in [1.82, 2.24) is 29.9 Å². The molecule has 3 heterocycles. The molecule has 61 heavy (non-hydrogen) atoms. The zero-order valence-electron chi connectivity index (χ0n) is 31.8. The fourth-order valence-electron chi connectivity index (χ4n) is 8.53. The molecule has 0 saturated heterocycles. The van der Waals surface area contributed by atoms with Gasteiger partial charge >= 0.3 is 0 Å². The molecule has 3 atom stereocenters. The number of aromatic nitrogens is 5. The van der Waals surface area contributed by atoms with Crippen LogP contribution in [-0.2, 0) is 40.8 Å². The number of nitrogens with one attached hydrogen (secondary N) is 2. The number of carbonyl (C=O) groups is 1. The monoisotopic (exact) mass is 896 g/mol. The number of alkyl halides is 6. The summed E-state index contributed by atoms with van der Waals surface area (Å²) in [4.78, 5) is 18.7. The normalized spacial score (nSPS) is 20.0. The summed E-state index contributed by atoms with van der Waals surface area (Å²) in [5.41, 5.74) is 2.02. The molecule has 12 nitrogen and oxygen atoms in total. The molecule has 0 spiro atoms. The molecule has 5 N–H and O–H groups in total. The van der Waals surface area contributed by atoms with Crippen LogP contribution in [0.25, 0.3) is 22.0 Å². The maximum absolute atomic E-state index is 15.7. The van der Waals surface area contributed by atoms with E-state index in [0.717, 1.165) is 18.4 Å². The number of halogens is 9. The third-order valence-electron chi connectivity index (χ3n) is 11.1. The molecule has 2 saturated carbocycles. The number of carbonyl (C=O) groups excluding carboxylic acids is 1.